The van der Waals surface area contributed by atoms with Crippen LogP contribution in [0.5, 0.6) is 0 Å². The van der Waals surface area contributed by atoms with Gasteiger partial charge in [0.1, 0.15) is 5.82 Å². The summed E-state index contributed by atoms with van der Waals surface area (Å²) in [6.45, 7) is 0.658. The van der Waals surface area contributed by atoms with Gasteiger partial charge in [-0.2, -0.15) is 0 Å². The lowest BCUT2D eigenvalue weighted by Gasteiger charge is -2.14. The highest BCUT2D eigenvalue weighted by molar-refractivity contribution is 9.09. The molecule has 0 heterocycles. The summed E-state index contributed by atoms with van der Waals surface area (Å²) < 4.78 is 12.9. The second kappa shape index (κ2) is 5.63. The molecule has 1 aromatic rings. The van der Waals surface area contributed by atoms with Crippen molar-refractivity contribution in [1.29, 1.82) is 0 Å². The van der Waals surface area contributed by atoms with E-state index >= 15 is 0 Å². The number of hydrogen-bond donors (Lipinski definition) is 1. The molecule has 1 amide bonds. The Labute approximate surface area is 109 Å². The van der Waals surface area contributed by atoms with Crippen LogP contribution in [-0.4, -0.2) is 17.3 Å². The molecule has 2 rings (SSSR count). The van der Waals surface area contributed by atoms with Crippen LogP contribution >= 0.6 is 15.9 Å². The first-order valence-electron chi connectivity index (χ1n) is 5.84. The minimum atomic E-state index is -0.378. The van der Waals surface area contributed by atoms with Gasteiger partial charge in [0.05, 0.1) is 0 Å². The molecule has 1 saturated carbocycles. The van der Waals surface area contributed by atoms with Crippen LogP contribution in [0.2, 0.25) is 0 Å². The lowest BCUT2D eigenvalue weighted by molar-refractivity contribution is 0.0947. The molecule has 17 heavy (non-hydrogen) atoms. The van der Waals surface area contributed by atoms with E-state index in [0.717, 1.165) is 6.42 Å². The highest BCUT2D eigenvalue weighted by Crippen LogP contribution is 2.30. The summed E-state index contributed by atoms with van der Waals surface area (Å²) >= 11 is 3.61. The molecule has 1 aliphatic carbocycles. The van der Waals surface area contributed by atoms with Gasteiger partial charge in [-0.1, -0.05) is 28.4 Å². The van der Waals surface area contributed by atoms with Gasteiger partial charge in [-0.25, -0.2) is 4.39 Å². The Balaban J connectivity index is 1.89. The number of rotatable bonds is 3. The Kier molecular flexibility index (Phi) is 4.15. The fourth-order valence-electron chi connectivity index (χ4n) is 2.18. The second-order valence-corrected chi connectivity index (χ2v) is 5.60. The minimum Gasteiger partial charge on any atom is -0.352 e. The number of carbonyl (C=O) groups excluding carboxylic acids is 1. The molecule has 1 aromatic carbocycles. The maximum atomic E-state index is 12.9. The Morgan fingerprint density at radius 1 is 1.47 bits per heavy atom. The van der Waals surface area contributed by atoms with Crippen molar-refractivity contribution in [3.05, 3.63) is 35.6 Å². The van der Waals surface area contributed by atoms with Gasteiger partial charge in [-0.05, 0) is 37.0 Å². The average Bonchev–Trinajstić information content (AvgIpc) is 2.72. The van der Waals surface area contributed by atoms with Gasteiger partial charge in [-0.3, -0.25) is 4.79 Å². The van der Waals surface area contributed by atoms with Crippen molar-refractivity contribution < 1.29 is 9.18 Å². The van der Waals surface area contributed by atoms with Crippen molar-refractivity contribution in [2.45, 2.75) is 24.1 Å². The monoisotopic (exact) mass is 299 g/mol. The van der Waals surface area contributed by atoms with Gasteiger partial charge in [0, 0.05) is 16.9 Å². The van der Waals surface area contributed by atoms with Crippen LogP contribution in [0.1, 0.15) is 29.6 Å². The lowest BCUT2D eigenvalue weighted by Crippen LogP contribution is -2.30. The van der Waals surface area contributed by atoms with Crippen molar-refractivity contribution in [1.82, 2.24) is 5.32 Å². The van der Waals surface area contributed by atoms with E-state index in [1.54, 1.807) is 12.1 Å². The van der Waals surface area contributed by atoms with Crippen LogP contribution in [0.25, 0.3) is 0 Å². The summed E-state index contributed by atoms with van der Waals surface area (Å²) in [7, 11) is 0. The summed E-state index contributed by atoms with van der Waals surface area (Å²) in [6.07, 6.45) is 3.51. The van der Waals surface area contributed by atoms with E-state index in [1.807, 2.05) is 0 Å². The highest BCUT2D eigenvalue weighted by atomic mass is 79.9. The summed E-state index contributed by atoms with van der Waals surface area (Å²) in [6, 6.07) is 5.77. The average molecular weight is 300 g/mol. The number of carbonyl (C=O) groups is 1. The van der Waals surface area contributed by atoms with Crippen LogP contribution in [-0.2, 0) is 0 Å². The van der Waals surface area contributed by atoms with Crippen LogP contribution < -0.4 is 5.32 Å². The SMILES string of the molecule is O=C(NCC1CCCC1Br)c1cccc(F)c1. The van der Waals surface area contributed by atoms with Crippen molar-refractivity contribution >= 4 is 21.8 Å². The topological polar surface area (TPSA) is 29.1 Å². The Hall–Kier alpha value is -0.900. The van der Waals surface area contributed by atoms with Gasteiger partial charge < -0.3 is 5.32 Å². The molecule has 2 unspecified atom stereocenters. The molecule has 2 atom stereocenters. The standard InChI is InChI=1S/C13H15BrFNO/c14-12-6-2-4-10(12)8-16-13(17)9-3-1-5-11(15)7-9/h1,3,5,7,10,12H,2,4,6,8H2,(H,16,17). The summed E-state index contributed by atoms with van der Waals surface area (Å²) in [5, 5.41) is 2.86. The zero-order valence-electron chi connectivity index (χ0n) is 9.46. The second-order valence-electron chi connectivity index (χ2n) is 4.43. The van der Waals surface area contributed by atoms with Crippen LogP contribution in [0.15, 0.2) is 24.3 Å². The molecule has 0 saturated heterocycles. The quantitative estimate of drug-likeness (QED) is 0.854. The minimum absolute atomic E-state index is 0.198. The van der Waals surface area contributed by atoms with Crippen molar-refractivity contribution in [2.75, 3.05) is 6.54 Å². The fraction of sp³-hybridized carbons (Fsp3) is 0.462. The number of amides is 1. The number of hydrogen-bond acceptors (Lipinski definition) is 1. The predicted octanol–water partition coefficient (Wildman–Crippen LogP) is 3.12. The number of alkyl halides is 1. The Bertz CT molecular complexity index is 410. The number of halogens is 2. The zero-order valence-corrected chi connectivity index (χ0v) is 11.0. The lowest BCUT2D eigenvalue weighted by atomic mass is 10.1. The fourth-order valence-corrected chi connectivity index (χ4v) is 2.95. The number of benzene rings is 1. The molecular weight excluding hydrogens is 285 g/mol. The zero-order chi connectivity index (χ0) is 12.3. The molecule has 1 N–H and O–H groups in total. The van der Waals surface area contributed by atoms with Gasteiger partial charge in [0.2, 0.25) is 0 Å². The molecule has 92 valence electrons. The maximum Gasteiger partial charge on any atom is 0.251 e. The predicted molar refractivity (Wildman–Crippen MR) is 68.8 cm³/mol. The number of nitrogens with one attached hydrogen (secondary N) is 1. The smallest absolute Gasteiger partial charge is 0.251 e. The Morgan fingerprint density at radius 2 is 2.29 bits per heavy atom. The van der Waals surface area contributed by atoms with E-state index in [1.165, 1.54) is 25.0 Å². The Morgan fingerprint density at radius 3 is 2.94 bits per heavy atom. The van der Waals surface area contributed by atoms with Crippen molar-refractivity contribution in [3.63, 3.8) is 0 Å². The summed E-state index contributed by atoms with van der Waals surface area (Å²) in [4.78, 5) is 12.3. The molecule has 0 aromatic heterocycles. The van der Waals surface area contributed by atoms with E-state index in [2.05, 4.69) is 21.2 Å². The molecular formula is C13H15BrFNO. The summed E-state index contributed by atoms with van der Waals surface area (Å²) in [5.74, 6) is -0.0829. The highest BCUT2D eigenvalue weighted by Gasteiger charge is 2.25. The largest absolute Gasteiger partial charge is 0.352 e. The first kappa shape index (κ1) is 12.6. The molecule has 1 aliphatic rings. The van der Waals surface area contributed by atoms with Crippen LogP contribution in [0.3, 0.4) is 0 Å². The molecule has 0 bridgehead atoms. The van der Waals surface area contributed by atoms with Crippen molar-refractivity contribution in [2.24, 2.45) is 5.92 Å². The van der Waals surface area contributed by atoms with Crippen molar-refractivity contribution in [3.8, 4) is 0 Å². The van der Waals surface area contributed by atoms with Gasteiger partial charge in [0.25, 0.3) is 5.91 Å². The maximum absolute atomic E-state index is 12.9. The third-order valence-corrected chi connectivity index (χ3v) is 4.38. The molecule has 0 spiro atoms. The van der Waals surface area contributed by atoms with Gasteiger partial charge >= 0.3 is 0 Å². The first-order chi connectivity index (χ1) is 8.16. The van der Waals surface area contributed by atoms with Crippen LogP contribution in [0, 0.1) is 11.7 Å². The molecule has 2 nitrogen and oxygen atoms in total. The molecule has 0 radical (unpaired) electrons. The molecule has 4 heteroatoms. The molecule has 0 aliphatic heterocycles. The molecule has 1 fully saturated rings. The van der Waals surface area contributed by atoms with E-state index < -0.39 is 0 Å². The van der Waals surface area contributed by atoms with E-state index in [0.29, 0.717) is 22.9 Å². The normalized spacial score (nSPS) is 23.6. The van der Waals surface area contributed by atoms with Crippen LogP contribution in [0.4, 0.5) is 4.39 Å². The van der Waals surface area contributed by atoms with E-state index in [9.17, 15) is 9.18 Å². The van der Waals surface area contributed by atoms with Gasteiger partial charge in [-0.15, -0.1) is 0 Å². The first-order valence-corrected chi connectivity index (χ1v) is 6.76. The van der Waals surface area contributed by atoms with E-state index in [4.69, 9.17) is 0 Å². The third-order valence-electron chi connectivity index (χ3n) is 3.18. The summed E-state index contributed by atoms with van der Waals surface area (Å²) in [5.41, 5.74) is 0.383. The van der Waals surface area contributed by atoms with Gasteiger partial charge in [0.15, 0.2) is 0 Å². The third kappa shape index (κ3) is 3.28. The van der Waals surface area contributed by atoms with E-state index in [-0.39, 0.29) is 11.7 Å².